The minimum atomic E-state index is -0.119. The Morgan fingerprint density at radius 3 is 2.48 bits per heavy atom. The van der Waals surface area contributed by atoms with E-state index in [1.807, 2.05) is 49.4 Å². The molecule has 0 atom stereocenters. The number of rotatable bonds is 6. The SMILES string of the molecule is Cc1ccc(CNC(=O)c2cc(N3CCN(Cc4ccccc4)CC3)nc3ccccc23)o1. The van der Waals surface area contributed by atoms with Gasteiger partial charge in [-0.15, -0.1) is 0 Å². The largest absolute Gasteiger partial charge is 0.465 e. The molecule has 0 unspecified atom stereocenters. The maximum absolute atomic E-state index is 13.1. The number of nitrogens with zero attached hydrogens (tertiary/aromatic N) is 3. The summed E-state index contributed by atoms with van der Waals surface area (Å²) in [6.45, 7) is 6.89. The van der Waals surface area contributed by atoms with E-state index in [2.05, 4.69) is 45.4 Å². The second kappa shape index (κ2) is 9.46. The number of pyridine rings is 1. The van der Waals surface area contributed by atoms with Crippen LogP contribution in [0, 0.1) is 6.92 Å². The predicted octanol–water partition coefficient (Wildman–Crippen LogP) is 4.39. The van der Waals surface area contributed by atoms with E-state index in [1.54, 1.807) is 0 Å². The first kappa shape index (κ1) is 21.2. The second-order valence-electron chi connectivity index (χ2n) is 8.49. The lowest BCUT2D eigenvalue weighted by atomic mass is 10.1. The molecule has 0 saturated carbocycles. The van der Waals surface area contributed by atoms with E-state index in [4.69, 9.17) is 9.40 Å². The molecule has 5 rings (SSSR count). The number of hydrogen-bond donors (Lipinski definition) is 1. The summed E-state index contributed by atoms with van der Waals surface area (Å²) in [5.74, 6) is 2.31. The molecule has 3 heterocycles. The zero-order valence-corrected chi connectivity index (χ0v) is 18.8. The normalized spacial score (nSPS) is 14.5. The van der Waals surface area contributed by atoms with Crippen LogP contribution in [0.5, 0.6) is 0 Å². The fourth-order valence-corrected chi connectivity index (χ4v) is 4.33. The maximum Gasteiger partial charge on any atom is 0.252 e. The van der Waals surface area contributed by atoms with Crippen molar-refractivity contribution in [3.05, 3.63) is 95.4 Å². The predicted molar refractivity (Wildman–Crippen MR) is 130 cm³/mol. The lowest BCUT2D eigenvalue weighted by Gasteiger charge is -2.35. The Morgan fingerprint density at radius 2 is 1.73 bits per heavy atom. The third-order valence-corrected chi connectivity index (χ3v) is 6.11. The first-order chi connectivity index (χ1) is 16.2. The monoisotopic (exact) mass is 440 g/mol. The van der Waals surface area contributed by atoms with E-state index in [1.165, 1.54) is 5.56 Å². The van der Waals surface area contributed by atoms with Gasteiger partial charge in [0, 0.05) is 38.1 Å². The van der Waals surface area contributed by atoms with E-state index < -0.39 is 0 Å². The molecule has 6 heteroatoms. The summed E-state index contributed by atoms with van der Waals surface area (Å²) >= 11 is 0. The Hall–Kier alpha value is -3.64. The van der Waals surface area contributed by atoms with Crippen molar-refractivity contribution >= 4 is 22.6 Å². The summed E-state index contributed by atoms with van der Waals surface area (Å²) in [5.41, 5.74) is 2.81. The van der Waals surface area contributed by atoms with Crippen LogP contribution < -0.4 is 10.2 Å². The number of benzene rings is 2. The van der Waals surface area contributed by atoms with Crippen molar-refractivity contribution in [2.24, 2.45) is 0 Å². The van der Waals surface area contributed by atoms with Gasteiger partial charge in [0.2, 0.25) is 0 Å². The van der Waals surface area contributed by atoms with Crippen molar-refractivity contribution in [2.75, 3.05) is 31.1 Å². The molecule has 1 aliphatic heterocycles. The molecule has 1 N–H and O–H groups in total. The number of carbonyl (C=O) groups excluding carboxylic acids is 1. The number of nitrogens with one attached hydrogen (secondary N) is 1. The number of anilines is 1. The molecule has 2 aromatic carbocycles. The van der Waals surface area contributed by atoms with Crippen molar-refractivity contribution in [3.8, 4) is 0 Å². The molecule has 1 amide bonds. The summed E-state index contributed by atoms with van der Waals surface area (Å²) in [6.07, 6.45) is 0. The van der Waals surface area contributed by atoms with Gasteiger partial charge in [-0.1, -0.05) is 48.5 Å². The molecule has 4 aromatic rings. The molecule has 0 radical (unpaired) electrons. The van der Waals surface area contributed by atoms with Gasteiger partial charge >= 0.3 is 0 Å². The zero-order valence-electron chi connectivity index (χ0n) is 18.8. The fraction of sp³-hybridized carbons (Fsp3) is 0.259. The summed E-state index contributed by atoms with van der Waals surface area (Å²) < 4.78 is 5.59. The molecule has 1 aliphatic rings. The van der Waals surface area contributed by atoms with Crippen LogP contribution in [0.4, 0.5) is 5.82 Å². The van der Waals surface area contributed by atoms with Crippen molar-refractivity contribution in [2.45, 2.75) is 20.0 Å². The van der Waals surface area contributed by atoms with Gasteiger partial charge in [-0.25, -0.2) is 4.98 Å². The van der Waals surface area contributed by atoms with Crippen molar-refractivity contribution in [3.63, 3.8) is 0 Å². The summed E-state index contributed by atoms with van der Waals surface area (Å²) in [7, 11) is 0. The highest BCUT2D eigenvalue weighted by molar-refractivity contribution is 6.07. The lowest BCUT2D eigenvalue weighted by molar-refractivity contribution is 0.0949. The van der Waals surface area contributed by atoms with Gasteiger partial charge in [0.25, 0.3) is 5.91 Å². The first-order valence-corrected chi connectivity index (χ1v) is 11.4. The molecule has 6 nitrogen and oxygen atoms in total. The van der Waals surface area contributed by atoms with E-state index >= 15 is 0 Å². The van der Waals surface area contributed by atoms with Crippen LogP contribution in [-0.4, -0.2) is 42.0 Å². The quantitative estimate of drug-likeness (QED) is 0.482. The van der Waals surface area contributed by atoms with Crippen LogP contribution in [0.25, 0.3) is 10.9 Å². The molecule has 0 bridgehead atoms. The van der Waals surface area contributed by atoms with Crippen LogP contribution in [0.3, 0.4) is 0 Å². The van der Waals surface area contributed by atoms with Crippen LogP contribution in [0.1, 0.15) is 27.4 Å². The number of aryl methyl sites for hydroxylation is 1. The third-order valence-electron chi connectivity index (χ3n) is 6.11. The van der Waals surface area contributed by atoms with Gasteiger partial charge in [0.1, 0.15) is 17.3 Å². The zero-order chi connectivity index (χ0) is 22.6. The highest BCUT2D eigenvalue weighted by Gasteiger charge is 2.21. The Morgan fingerprint density at radius 1 is 0.970 bits per heavy atom. The number of aromatic nitrogens is 1. The van der Waals surface area contributed by atoms with Gasteiger partial charge in [-0.3, -0.25) is 9.69 Å². The summed E-state index contributed by atoms with van der Waals surface area (Å²) in [4.78, 5) is 22.7. The number of carbonyl (C=O) groups is 1. The van der Waals surface area contributed by atoms with Gasteiger partial charge in [-0.2, -0.15) is 0 Å². The average molecular weight is 441 g/mol. The number of furan rings is 1. The molecule has 0 spiro atoms. The van der Waals surface area contributed by atoms with Crippen LogP contribution >= 0.6 is 0 Å². The number of piperazine rings is 1. The van der Waals surface area contributed by atoms with Gasteiger partial charge in [0.05, 0.1) is 17.6 Å². The van der Waals surface area contributed by atoms with E-state index in [9.17, 15) is 4.79 Å². The number of amides is 1. The van der Waals surface area contributed by atoms with Gasteiger partial charge < -0.3 is 14.6 Å². The van der Waals surface area contributed by atoms with Crippen molar-refractivity contribution in [1.29, 1.82) is 0 Å². The Labute approximate surface area is 193 Å². The van der Waals surface area contributed by atoms with Gasteiger partial charge in [-0.05, 0) is 36.8 Å². The molecule has 1 saturated heterocycles. The minimum Gasteiger partial charge on any atom is -0.465 e. The van der Waals surface area contributed by atoms with E-state index in [-0.39, 0.29) is 5.91 Å². The average Bonchev–Trinajstić information content (AvgIpc) is 3.28. The molecule has 1 fully saturated rings. The molecular formula is C27H28N4O2. The Kier molecular flexibility index (Phi) is 6.09. The van der Waals surface area contributed by atoms with E-state index in [0.717, 1.165) is 61.0 Å². The highest BCUT2D eigenvalue weighted by atomic mass is 16.3. The first-order valence-electron chi connectivity index (χ1n) is 11.4. The molecule has 0 aliphatic carbocycles. The molecule has 168 valence electrons. The van der Waals surface area contributed by atoms with Crippen LogP contribution in [-0.2, 0) is 13.1 Å². The lowest BCUT2D eigenvalue weighted by Crippen LogP contribution is -2.46. The third kappa shape index (κ3) is 4.91. The maximum atomic E-state index is 13.1. The van der Waals surface area contributed by atoms with Crippen molar-refractivity contribution < 1.29 is 9.21 Å². The highest BCUT2D eigenvalue weighted by Crippen LogP contribution is 2.24. The number of hydrogen-bond acceptors (Lipinski definition) is 5. The summed E-state index contributed by atoms with van der Waals surface area (Å²) in [5, 5.41) is 3.86. The topological polar surface area (TPSA) is 61.6 Å². The number of para-hydroxylation sites is 1. The van der Waals surface area contributed by atoms with Crippen molar-refractivity contribution in [1.82, 2.24) is 15.2 Å². The fourth-order valence-electron chi connectivity index (χ4n) is 4.33. The molecule has 2 aromatic heterocycles. The van der Waals surface area contributed by atoms with E-state index in [0.29, 0.717) is 12.1 Å². The van der Waals surface area contributed by atoms with Crippen LogP contribution in [0.15, 0.2) is 77.2 Å². The van der Waals surface area contributed by atoms with Crippen LogP contribution in [0.2, 0.25) is 0 Å². The minimum absolute atomic E-state index is 0.119. The number of fused-ring (bicyclic) bond motifs is 1. The summed E-state index contributed by atoms with van der Waals surface area (Å²) in [6, 6.07) is 24.1. The smallest absolute Gasteiger partial charge is 0.252 e. The Balaban J connectivity index is 1.32. The molecule has 33 heavy (non-hydrogen) atoms. The molecular weight excluding hydrogens is 412 g/mol. The Bertz CT molecular complexity index is 1240. The standard InChI is InChI=1S/C27H28N4O2/c1-20-11-12-22(33-20)18-28-27(32)24-17-26(29-25-10-6-5-9-23(24)25)31-15-13-30(14-16-31)19-21-7-3-2-4-8-21/h2-12,17H,13-16,18-19H2,1H3,(H,28,32). The second-order valence-corrected chi connectivity index (χ2v) is 8.49. The van der Waals surface area contributed by atoms with Gasteiger partial charge in [0.15, 0.2) is 0 Å².